The van der Waals surface area contributed by atoms with E-state index in [1.807, 2.05) is 26.2 Å². The first-order valence-corrected chi connectivity index (χ1v) is 5.32. The molecule has 74 valence electrons. The fourth-order valence-corrected chi connectivity index (χ4v) is 1.13. The van der Waals surface area contributed by atoms with Gasteiger partial charge in [-0.3, -0.25) is 4.98 Å². The minimum Gasteiger partial charge on any atom is -0.265 e. The molecule has 0 aliphatic heterocycles. The molecule has 1 rings (SSSR count). The van der Waals surface area contributed by atoms with Crippen LogP contribution >= 0.6 is 0 Å². The molecular weight excluding hydrogens is 158 g/mol. The molecule has 0 radical (unpaired) electrons. The molecular formula is C12H21N. The quantitative estimate of drug-likeness (QED) is 0.640. The number of aromatic nitrogens is 1. The standard InChI is InChI=1S/C10H15N.C2H6/c1-2-3-4-5-10-6-8-11-9-7-10;1-2/h6-9H,2-5H2,1H3;1-2H3. The number of aryl methyl sites for hydroxylation is 1. The van der Waals surface area contributed by atoms with Crippen molar-refractivity contribution < 1.29 is 0 Å². The maximum Gasteiger partial charge on any atom is 0.0270 e. The van der Waals surface area contributed by atoms with E-state index in [-0.39, 0.29) is 0 Å². The van der Waals surface area contributed by atoms with E-state index >= 15 is 0 Å². The van der Waals surface area contributed by atoms with Gasteiger partial charge in [-0.1, -0.05) is 33.6 Å². The number of pyridine rings is 1. The topological polar surface area (TPSA) is 12.9 Å². The number of rotatable bonds is 4. The van der Waals surface area contributed by atoms with E-state index in [1.54, 1.807) is 0 Å². The third-order valence-electron chi connectivity index (χ3n) is 1.82. The van der Waals surface area contributed by atoms with Crippen molar-refractivity contribution in [1.82, 2.24) is 4.98 Å². The van der Waals surface area contributed by atoms with Crippen molar-refractivity contribution in [1.29, 1.82) is 0 Å². The number of hydrogen-bond donors (Lipinski definition) is 0. The average molecular weight is 179 g/mol. The third kappa shape index (κ3) is 6.32. The summed E-state index contributed by atoms with van der Waals surface area (Å²) in [5.74, 6) is 0. The molecule has 0 spiro atoms. The van der Waals surface area contributed by atoms with E-state index in [9.17, 15) is 0 Å². The first kappa shape index (κ1) is 12.2. The fraction of sp³-hybridized carbons (Fsp3) is 0.583. The van der Waals surface area contributed by atoms with Crippen LogP contribution in [0.4, 0.5) is 0 Å². The van der Waals surface area contributed by atoms with Crippen LogP contribution in [0.5, 0.6) is 0 Å². The smallest absolute Gasteiger partial charge is 0.0270 e. The van der Waals surface area contributed by atoms with Gasteiger partial charge in [-0.15, -0.1) is 0 Å². The highest BCUT2D eigenvalue weighted by atomic mass is 14.6. The zero-order chi connectivity index (χ0) is 9.94. The van der Waals surface area contributed by atoms with E-state index in [4.69, 9.17) is 0 Å². The van der Waals surface area contributed by atoms with Crippen molar-refractivity contribution in [3.8, 4) is 0 Å². The normalized spacial score (nSPS) is 8.85. The van der Waals surface area contributed by atoms with Crippen molar-refractivity contribution >= 4 is 0 Å². The Hall–Kier alpha value is -0.850. The van der Waals surface area contributed by atoms with Gasteiger partial charge in [0.15, 0.2) is 0 Å². The fourth-order valence-electron chi connectivity index (χ4n) is 1.13. The lowest BCUT2D eigenvalue weighted by Crippen LogP contribution is -1.84. The van der Waals surface area contributed by atoms with Crippen molar-refractivity contribution in [2.45, 2.75) is 46.5 Å². The van der Waals surface area contributed by atoms with Crippen LogP contribution in [0.15, 0.2) is 24.5 Å². The Morgan fingerprint density at radius 1 is 1.08 bits per heavy atom. The van der Waals surface area contributed by atoms with Gasteiger partial charge in [-0.05, 0) is 30.5 Å². The molecule has 1 aromatic rings. The van der Waals surface area contributed by atoms with E-state index in [0.717, 1.165) is 0 Å². The van der Waals surface area contributed by atoms with Crippen molar-refractivity contribution in [2.24, 2.45) is 0 Å². The van der Waals surface area contributed by atoms with E-state index < -0.39 is 0 Å². The molecule has 0 saturated heterocycles. The zero-order valence-electron chi connectivity index (χ0n) is 9.09. The minimum absolute atomic E-state index is 1.20. The second-order valence-corrected chi connectivity index (χ2v) is 2.81. The molecule has 0 unspecified atom stereocenters. The summed E-state index contributed by atoms with van der Waals surface area (Å²) in [6, 6.07) is 4.19. The molecule has 0 bridgehead atoms. The Morgan fingerprint density at radius 3 is 2.23 bits per heavy atom. The molecule has 0 fully saturated rings. The summed E-state index contributed by atoms with van der Waals surface area (Å²) in [6.45, 7) is 6.23. The van der Waals surface area contributed by atoms with Crippen LogP contribution < -0.4 is 0 Å². The molecule has 0 aliphatic carbocycles. The monoisotopic (exact) mass is 179 g/mol. The summed E-state index contributed by atoms with van der Waals surface area (Å²) in [7, 11) is 0. The van der Waals surface area contributed by atoms with Crippen LogP contribution in [0.3, 0.4) is 0 Å². The Kier molecular flexibility index (Phi) is 8.64. The molecule has 13 heavy (non-hydrogen) atoms. The minimum atomic E-state index is 1.20. The lowest BCUT2D eigenvalue weighted by Gasteiger charge is -1.97. The SMILES string of the molecule is CC.CCCCCc1ccncc1. The molecule has 1 heterocycles. The van der Waals surface area contributed by atoms with Gasteiger partial charge in [0.05, 0.1) is 0 Å². The van der Waals surface area contributed by atoms with E-state index in [2.05, 4.69) is 24.0 Å². The Balaban J connectivity index is 0.000000671. The van der Waals surface area contributed by atoms with Crippen molar-refractivity contribution in [3.05, 3.63) is 30.1 Å². The van der Waals surface area contributed by atoms with E-state index in [0.29, 0.717) is 0 Å². The number of nitrogens with zero attached hydrogens (tertiary/aromatic N) is 1. The number of unbranched alkanes of at least 4 members (excludes halogenated alkanes) is 2. The first-order chi connectivity index (χ1) is 6.43. The summed E-state index contributed by atoms with van der Waals surface area (Å²) >= 11 is 0. The van der Waals surface area contributed by atoms with Gasteiger partial charge in [0.1, 0.15) is 0 Å². The molecule has 1 heteroatoms. The van der Waals surface area contributed by atoms with Crippen LogP contribution in [0, 0.1) is 0 Å². The van der Waals surface area contributed by atoms with Gasteiger partial charge < -0.3 is 0 Å². The summed E-state index contributed by atoms with van der Waals surface area (Å²) in [5, 5.41) is 0. The highest BCUT2D eigenvalue weighted by Gasteiger charge is 1.89. The molecule has 0 saturated carbocycles. The highest BCUT2D eigenvalue weighted by molar-refractivity contribution is 5.09. The van der Waals surface area contributed by atoms with Gasteiger partial charge >= 0.3 is 0 Å². The third-order valence-corrected chi connectivity index (χ3v) is 1.82. The van der Waals surface area contributed by atoms with Gasteiger partial charge in [0.25, 0.3) is 0 Å². The summed E-state index contributed by atoms with van der Waals surface area (Å²) in [5.41, 5.74) is 1.41. The zero-order valence-corrected chi connectivity index (χ0v) is 9.09. The van der Waals surface area contributed by atoms with Gasteiger partial charge in [0, 0.05) is 12.4 Å². The lowest BCUT2D eigenvalue weighted by molar-refractivity contribution is 0.717. The Labute approximate surface area is 82.2 Å². The summed E-state index contributed by atoms with van der Waals surface area (Å²) in [6.07, 6.45) is 8.87. The van der Waals surface area contributed by atoms with Crippen LogP contribution in [-0.2, 0) is 6.42 Å². The molecule has 1 nitrogen and oxygen atoms in total. The van der Waals surface area contributed by atoms with E-state index in [1.165, 1.54) is 31.2 Å². The second-order valence-electron chi connectivity index (χ2n) is 2.81. The Bertz CT molecular complexity index is 182. The predicted molar refractivity (Wildman–Crippen MR) is 58.8 cm³/mol. The maximum atomic E-state index is 3.97. The lowest BCUT2D eigenvalue weighted by atomic mass is 10.1. The Morgan fingerprint density at radius 2 is 1.69 bits per heavy atom. The van der Waals surface area contributed by atoms with Crippen LogP contribution in [0.2, 0.25) is 0 Å². The molecule has 0 atom stereocenters. The van der Waals surface area contributed by atoms with Crippen LogP contribution in [-0.4, -0.2) is 4.98 Å². The van der Waals surface area contributed by atoms with Crippen LogP contribution in [0.25, 0.3) is 0 Å². The molecule has 0 N–H and O–H groups in total. The van der Waals surface area contributed by atoms with Gasteiger partial charge in [-0.2, -0.15) is 0 Å². The molecule has 1 aromatic heterocycles. The van der Waals surface area contributed by atoms with Crippen molar-refractivity contribution in [3.63, 3.8) is 0 Å². The van der Waals surface area contributed by atoms with Crippen molar-refractivity contribution in [2.75, 3.05) is 0 Å². The molecule has 0 aliphatic rings. The summed E-state index contributed by atoms with van der Waals surface area (Å²) in [4.78, 5) is 3.97. The number of hydrogen-bond acceptors (Lipinski definition) is 1. The molecule has 0 aromatic carbocycles. The predicted octanol–water partition coefficient (Wildman–Crippen LogP) is 3.84. The average Bonchev–Trinajstić information content (AvgIpc) is 2.23. The largest absolute Gasteiger partial charge is 0.265 e. The maximum absolute atomic E-state index is 3.97. The van der Waals surface area contributed by atoms with Gasteiger partial charge in [-0.25, -0.2) is 0 Å². The van der Waals surface area contributed by atoms with Gasteiger partial charge in [0.2, 0.25) is 0 Å². The van der Waals surface area contributed by atoms with Crippen LogP contribution in [0.1, 0.15) is 45.6 Å². The highest BCUT2D eigenvalue weighted by Crippen LogP contribution is 2.04. The summed E-state index contributed by atoms with van der Waals surface area (Å²) < 4.78 is 0. The second kappa shape index (κ2) is 9.24. The first-order valence-electron chi connectivity index (χ1n) is 5.32. The molecule has 0 amide bonds.